The van der Waals surface area contributed by atoms with Gasteiger partial charge >= 0.3 is 5.82 Å². The molecule has 3 rings (SSSR count). The van der Waals surface area contributed by atoms with Gasteiger partial charge < -0.3 is 4.90 Å². The standard InChI is InChI=1S/C18H18N3/c1-20(2)17-10-12-21(13-11-17)18-9-8-16(14-19-18)15-6-4-3-5-7-15/h3-14H,1-2H3/q+1. The van der Waals surface area contributed by atoms with Gasteiger partial charge in [-0.15, -0.1) is 0 Å². The lowest BCUT2D eigenvalue weighted by Crippen LogP contribution is -2.31. The Morgan fingerprint density at radius 1 is 0.810 bits per heavy atom. The summed E-state index contributed by atoms with van der Waals surface area (Å²) in [7, 11) is 4.07. The SMILES string of the molecule is CN(C)c1cc[n+](-c2ccc(-c3ccccc3)cn2)cc1. The molecule has 0 atom stereocenters. The van der Waals surface area contributed by atoms with Crippen LogP contribution >= 0.6 is 0 Å². The molecular weight excluding hydrogens is 258 g/mol. The number of hydrogen-bond donors (Lipinski definition) is 0. The molecule has 0 aliphatic carbocycles. The van der Waals surface area contributed by atoms with E-state index in [0.717, 1.165) is 11.4 Å². The summed E-state index contributed by atoms with van der Waals surface area (Å²) in [4.78, 5) is 6.63. The molecule has 21 heavy (non-hydrogen) atoms. The number of benzene rings is 1. The molecule has 3 nitrogen and oxygen atoms in total. The lowest BCUT2D eigenvalue weighted by molar-refractivity contribution is -0.599. The van der Waals surface area contributed by atoms with E-state index in [4.69, 9.17) is 0 Å². The third kappa shape index (κ3) is 2.92. The molecule has 3 heteroatoms. The molecule has 0 bridgehead atoms. The fraction of sp³-hybridized carbons (Fsp3) is 0.111. The van der Waals surface area contributed by atoms with Crippen LogP contribution in [0.25, 0.3) is 16.9 Å². The Kier molecular flexibility index (Phi) is 3.65. The van der Waals surface area contributed by atoms with Crippen LogP contribution in [-0.4, -0.2) is 19.1 Å². The molecule has 0 N–H and O–H groups in total. The maximum absolute atomic E-state index is 4.55. The first-order valence-corrected chi connectivity index (χ1v) is 6.94. The molecule has 2 aromatic heterocycles. The Balaban J connectivity index is 1.87. The summed E-state index contributed by atoms with van der Waals surface area (Å²) in [6.07, 6.45) is 5.97. The average molecular weight is 276 g/mol. The van der Waals surface area contributed by atoms with E-state index < -0.39 is 0 Å². The summed E-state index contributed by atoms with van der Waals surface area (Å²) in [6, 6.07) is 18.6. The fourth-order valence-electron chi connectivity index (χ4n) is 2.21. The van der Waals surface area contributed by atoms with Crippen molar-refractivity contribution in [2.75, 3.05) is 19.0 Å². The number of anilines is 1. The fourth-order valence-corrected chi connectivity index (χ4v) is 2.21. The van der Waals surface area contributed by atoms with Crippen LogP contribution < -0.4 is 9.47 Å². The second-order valence-electron chi connectivity index (χ2n) is 5.13. The Bertz CT molecular complexity index is 702. The van der Waals surface area contributed by atoms with Gasteiger partial charge in [0.2, 0.25) is 0 Å². The van der Waals surface area contributed by atoms with Crippen molar-refractivity contribution in [3.8, 4) is 16.9 Å². The molecule has 0 aliphatic rings. The number of pyridine rings is 2. The number of hydrogen-bond acceptors (Lipinski definition) is 2. The van der Waals surface area contributed by atoms with Crippen molar-refractivity contribution < 1.29 is 4.57 Å². The van der Waals surface area contributed by atoms with Crippen molar-refractivity contribution >= 4 is 5.69 Å². The van der Waals surface area contributed by atoms with Crippen molar-refractivity contribution in [2.24, 2.45) is 0 Å². The highest BCUT2D eigenvalue weighted by molar-refractivity contribution is 5.62. The predicted molar refractivity (Wildman–Crippen MR) is 85.5 cm³/mol. The highest BCUT2D eigenvalue weighted by Gasteiger charge is 2.08. The number of rotatable bonds is 3. The average Bonchev–Trinajstić information content (AvgIpc) is 2.56. The highest BCUT2D eigenvalue weighted by Crippen LogP contribution is 2.17. The molecular formula is C18H18N3+. The first-order chi connectivity index (χ1) is 10.2. The van der Waals surface area contributed by atoms with Gasteiger partial charge in [0, 0.05) is 43.5 Å². The van der Waals surface area contributed by atoms with Gasteiger partial charge in [0.25, 0.3) is 0 Å². The van der Waals surface area contributed by atoms with Gasteiger partial charge in [0.05, 0.1) is 12.4 Å². The van der Waals surface area contributed by atoms with Crippen LogP contribution in [0.15, 0.2) is 73.2 Å². The van der Waals surface area contributed by atoms with Gasteiger partial charge in [-0.25, -0.2) is 4.57 Å². The summed E-state index contributed by atoms with van der Waals surface area (Å²) >= 11 is 0. The first-order valence-electron chi connectivity index (χ1n) is 6.94. The monoisotopic (exact) mass is 276 g/mol. The maximum Gasteiger partial charge on any atom is 0.327 e. The van der Waals surface area contributed by atoms with E-state index in [-0.39, 0.29) is 0 Å². The van der Waals surface area contributed by atoms with E-state index in [9.17, 15) is 0 Å². The van der Waals surface area contributed by atoms with Crippen LogP contribution in [-0.2, 0) is 0 Å². The van der Waals surface area contributed by atoms with Crippen LogP contribution in [0.1, 0.15) is 0 Å². The summed E-state index contributed by atoms with van der Waals surface area (Å²) in [5.74, 6) is 0.917. The lowest BCUT2D eigenvalue weighted by atomic mass is 10.1. The summed E-state index contributed by atoms with van der Waals surface area (Å²) in [6.45, 7) is 0. The van der Waals surface area contributed by atoms with Crippen LogP contribution in [0, 0.1) is 0 Å². The first kappa shape index (κ1) is 13.3. The van der Waals surface area contributed by atoms with Crippen molar-refractivity contribution in [1.82, 2.24) is 4.98 Å². The zero-order valence-electron chi connectivity index (χ0n) is 12.3. The summed E-state index contributed by atoms with van der Waals surface area (Å²) in [5, 5.41) is 0. The minimum atomic E-state index is 0.917. The lowest BCUT2D eigenvalue weighted by Gasteiger charge is -2.11. The quantitative estimate of drug-likeness (QED) is 0.685. The van der Waals surface area contributed by atoms with Gasteiger partial charge in [-0.3, -0.25) is 0 Å². The van der Waals surface area contributed by atoms with Gasteiger partial charge in [-0.05, 0) is 16.6 Å². The van der Waals surface area contributed by atoms with E-state index in [0.29, 0.717) is 0 Å². The molecule has 0 spiro atoms. The molecule has 104 valence electrons. The highest BCUT2D eigenvalue weighted by atomic mass is 15.1. The smallest absolute Gasteiger partial charge is 0.327 e. The van der Waals surface area contributed by atoms with Gasteiger partial charge in [-0.1, -0.05) is 30.3 Å². The molecule has 1 aromatic carbocycles. The second-order valence-corrected chi connectivity index (χ2v) is 5.13. The topological polar surface area (TPSA) is 20.0 Å². The summed E-state index contributed by atoms with van der Waals surface area (Å²) in [5.41, 5.74) is 3.49. The van der Waals surface area contributed by atoms with E-state index in [1.165, 1.54) is 11.3 Å². The zero-order chi connectivity index (χ0) is 14.7. The van der Waals surface area contributed by atoms with Crippen LogP contribution in [0.3, 0.4) is 0 Å². The van der Waals surface area contributed by atoms with Crippen LogP contribution in [0.5, 0.6) is 0 Å². The van der Waals surface area contributed by atoms with E-state index in [1.807, 2.05) is 61.5 Å². The second kappa shape index (κ2) is 5.75. The van der Waals surface area contributed by atoms with Crippen LogP contribution in [0.4, 0.5) is 5.69 Å². The van der Waals surface area contributed by atoms with E-state index in [2.05, 4.69) is 40.2 Å². The maximum atomic E-state index is 4.55. The van der Waals surface area contributed by atoms with E-state index in [1.54, 1.807) is 0 Å². The molecule has 2 heterocycles. The molecule has 0 unspecified atom stereocenters. The normalized spacial score (nSPS) is 10.4. The third-order valence-electron chi connectivity index (χ3n) is 3.45. The molecule has 0 saturated heterocycles. The Labute approximate surface area is 125 Å². The van der Waals surface area contributed by atoms with Gasteiger partial charge in [0.15, 0.2) is 0 Å². The predicted octanol–water partition coefficient (Wildman–Crippen LogP) is 3.09. The Morgan fingerprint density at radius 3 is 2.10 bits per heavy atom. The molecule has 0 amide bonds. The van der Waals surface area contributed by atoms with Crippen molar-refractivity contribution in [2.45, 2.75) is 0 Å². The van der Waals surface area contributed by atoms with Crippen molar-refractivity contribution in [3.63, 3.8) is 0 Å². The van der Waals surface area contributed by atoms with Crippen LogP contribution in [0.2, 0.25) is 0 Å². The number of nitrogens with zero attached hydrogens (tertiary/aromatic N) is 3. The largest absolute Gasteiger partial charge is 0.377 e. The van der Waals surface area contributed by atoms with Gasteiger partial charge in [0.1, 0.15) is 6.20 Å². The molecule has 0 fully saturated rings. The van der Waals surface area contributed by atoms with Crippen molar-refractivity contribution in [3.05, 3.63) is 73.2 Å². The minimum Gasteiger partial charge on any atom is -0.377 e. The minimum absolute atomic E-state index is 0.917. The molecule has 0 saturated carbocycles. The van der Waals surface area contributed by atoms with Crippen molar-refractivity contribution in [1.29, 1.82) is 0 Å². The van der Waals surface area contributed by atoms with E-state index >= 15 is 0 Å². The zero-order valence-corrected chi connectivity index (χ0v) is 12.3. The third-order valence-corrected chi connectivity index (χ3v) is 3.45. The molecule has 0 radical (unpaired) electrons. The Hall–Kier alpha value is -2.68. The number of aromatic nitrogens is 2. The molecule has 0 aliphatic heterocycles. The Morgan fingerprint density at radius 2 is 1.52 bits per heavy atom. The van der Waals surface area contributed by atoms with Gasteiger partial charge in [-0.2, -0.15) is 0 Å². The summed E-state index contributed by atoms with van der Waals surface area (Å²) < 4.78 is 2.02. The molecule has 3 aromatic rings.